The Morgan fingerprint density at radius 3 is 2.73 bits per heavy atom. The monoisotopic (exact) mass is 452 g/mol. The van der Waals surface area contributed by atoms with Gasteiger partial charge in [0, 0.05) is 19.0 Å². The summed E-state index contributed by atoms with van der Waals surface area (Å²) in [6.07, 6.45) is 3.05. The third kappa shape index (κ3) is 4.60. The van der Waals surface area contributed by atoms with Crippen LogP contribution >= 0.6 is 0 Å². The predicted octanol–water partition coefficient (Wildman–Crippen LogP) is 3.83. The first-order valence-corrected chi connectivity index (χ1v) is 10.3. The van der Waals surface area contributed by atoms with Crippen LogP contribution in [0, 0.1) is 6.92 Å². The quantitative estimate of drug-likeness (QED) is 0.368. The second-order valence-corrected chi connectivity index (χ2v) is 7.25. The summed E-state index contributed by atoms with van der Waals surface area (Å²) >= 11 is 0. The maximum atomic E-state index is 12.8. The van der Waals surface area contributed by atoms with E-state index in [2.05, 4.69) is 15.6 Å². The maximum Gasteiger partial charge on any atom is 0.356 e. The van der Waals surface area contributed by atoms with Gasteiger partial charge in [-0.05, 0) is 37.3 Å². The first kappa shape index (κ1) is 22.2. The zero-order valence-corrected chi connectivity index (χ0v) is 18.5. The Labute approximate surface area is 189 Å². The van der Waals surface area contributed by atoms with E-state index in [-0.39, 0.29) is 17.1 Å². The van der Waals surface area contributed by atoms with Crippen LogP contribution in [0.1, 0.15) is 32.6 Å². The molecule has 0 spiro atoms. The van der Waals surface area contributed by atoms with Crippen LogP contribution in [0.25, 0.3) is 11.0 Å². The van der Waals surface area contributed by atoms with Gasteiger partial charge in [0.15, 0.2) is 11.5 Å². The van der Waals surface area contributed by atoms with Crippen LogP contribution in [0.4, 0.5) is 11.4 Å². The molecule has 4 aromatic heterocycles. The van der Waals surface area contributed by atoms with E-state index in [0.717, 1.165) is 11.5 Å². The van der Waals surface area contributed by atoms with Crippen molar-refractivity contribution in [1.82, 2.24) is 9.55 Å². The van der Waals surface area contributed by atoms with E-state index in [4.69, 9.17) is 18.3 Å². The molecule has 0 aliphatic carbocycles. The van der Waals surface area contributed by atoms with Crippen LogP contribution in [-0.2, 0) is 22.6 Å². The minimum atomic E-state index is -0.612. The molecule has 0 aliphatic heterocycles. The van der Waals surface area contributed by atoms with Crippen LogP contribution in [0.3, 0.4) is 0 Å². The highest BCUT2D eigenvalue weighted by atomic mass is 16.5. The molecule has 0 bridgehead atoms. The lowest BCUT2D eigenvalue weighted by molar-refractivity contribution is 0.0588. The molecule has 1 amide bonds. The number of methoxy groups -OCH3 is 2. The van der Waals surface area contributed by atoms with E-state index in [0.29, 0.717) is 36.4 Å². The van der Waals surface area contributed by atoms with Crippen molar-refractivity contribution in [1.29, 1.82) is 0 Å². The Kier molecular flexibility index (Phi) is 6.45. The molecule has 10 heteroatoms. The van der Waals surface area contributed by atoms with Gasteiger partial charge in [-0.25, -0.2) is 9.78 Å². The molecular weight excluding hydrogens is 428 g/mol. The number of rotatable bonds is 9. The van der Waals surface area contributed by atoms with E-state index in [1.165, 1.54) is 19.4 Å². The van der Waals surface area contributed by atoms with Gasteiger partial charge in [-0.2, -0.15) is 0 Å². The number of hydrogen-bond acceptors (Lipinski definition) is 8. The number of amides is 1. The summed E-state index contributed by atoms with van der Waals surface area (Å²) in [5, 5.41) is 6.60. The highest BCUT2D eigenvalue weighted by Crippen LogP contribution is 2.33. The number of aryl methyl sites for hydroxylation is 1. The van der Waals surface area contributed by atoms with Gasteiger partial charge in [-0.15, -0.1) is 0 Å². The van der Waals surface area contributed by atoms with Crippen LogP contribution in [0.2, 0.25) is 0 Å². The molecule has 0 unspecified atom stereocenters. The Morgan fingerprint density at radius 2 is 2.06 bits per heavy atom. The molecule has 2 N–H and O–H groups in total. The largest absolute Gasteiger partial charge is 0.465 e. The summed E-state index contributed by atoms with van der Waals surface area (Å²) < 4.78 is 22.7. The third-order valence-electron chi connectivity index (χ3n) is 5.04. The minimum Gasteiger partial charge on any atom is -0.465 e. The number of fused-ring (bicyclic) bond motifs is 1. The smallest absolute Gasteiger partial charge is 0.356 e. The van der Waals surface area contributed by atoms with Crippen LogP contribution in [0.15, 0.2) is 51.6 Å². The van der Waals surface area contributed by atoms with E-state index >= 15 is 0 Å². The van der Waals surface area contributed by atoms with Gasteiger partial charge >= 0.3 is 5.97 Å². The van der Waals surface area contributed by atoms with Crippen molar-refractivity contribution in [2.24, 2.45) is 0 Å². The molecule has 0 atom stereocenters. The molecular formula is C23H24N4O6. The number of pyridine rings is 1. The average molecular weight is 452 g/mol. The molecule has 0 aliphatic rings. The Balaban J connectivity index is 1.77. The van der Waals surface area contributed by atoms with Crippen molar-refractivity contribution in [3.63, 3.8) is 0 Å². The molecule has 0 saturated heterocycles. The highest BCUT2D eigenvalue weighted by Gasteiger charge is 2.27. The van der Waals surface area contributed by atoms with Crippen molar-refractivity contribution in [3.8, 4) is 0 Å². The molecule has 4 heterocycles. The third-order valence-corrected chi connectivity index (χ3v) is 5.04. The average Bonchev–Trinajstić information content (AvgIpc) is 3.56. The van der Waals surface area contributed by atoms with Gasteiger partial charge in [0.2, 0.25) is 0 Å². The summed E-state index contributed by atoms with van der Waals surface area (Å²) in [4.78, 5) is 30.1. The number of anilines is 2. The normalized spacial score (nSPS) is 11.0. The maximum absolute atomic E-state index is 12.8. The zero-order valence-electron chi connectivity index (χ0n) is 18.5. The zero-order chi connectivity index (χ0) is 23.4. The Bertz CT molecular complexity index is 1270. The van der Waals surface area contributed by atoms with Gasteiger partial charge in [-0.3, -0.25) is 4.79 Å². The number of carbonyl (C=O) groups excluding carboxylic acids is 2. The number of aromatic nitrogens is 2. The molecule has 172 valence electrons. The fourth-order valence-corrected chi connectivity index (χ4v) is 3.51. The summed E-state index contributed by atoms with van der Waals surface area (Å²) in [5.41, 5.74) is 1.63. The van der Waals surface area contributed by atoms with Crippen LogP contribution in [0.5, 0.6) is 0 Å². The number of ether oxygens (including phenoxy) is 2. The van der Waals surface area contributed by atoms with Crippen molar-refractivity contribution in [2.45, 2.75) is 20.0 Å². The lowest BCUT2D eigenvalue weighted by Gasteiger charge is -2.10. The van der Waals surface area contributed by atoms with Crippen molar-refractivity contribution in [2.75, 3.05) is 31.5 Å². The van der Waals surface area contributed by atoms with Crippen LogP contribution in [-0.4, -0.2) is 42.3 Å². The van der Waals surface area contributed by atoms with Gasteiger partial charge in [-0.1, -0.05) is 0 Å². The van der Waals surface area contributed by atoms with Gasteiger partial charge in [0.05, 0.1) is 44.1 Å². The second-order valence-electron chi connectivity index (χ2n) is 7.25. The molecule has 4 rings (SSSR count). The van der Waals surface area contributed by atoms with Crippen molar-refractivity contribution < 1.29 is 27.9 Å². The summed E-state index contributed by atoms with van der Waals surface area (Å²) in [6, 6.07) is 8.73. The van der Waals surface area contributed by atoms with Gasteiger partial charge in [0.25, 0.3) is 5.91 Å². The fraction of sp³-hybridized carbons (Fsp3) is 0.261. The molecule has 0 fully saturated rings. The van der Waals surface area contributed by atoms with E-state index in [1.807, 2.05) is 25.1 Å². The molecule has 0 aromatic carbocycles. The SMILES string of the molecule is COCCn1c(C(=O)OC)c(NC(=O)c2ccco2)c2cc(NCc3ccc(C)o3)cnc21. The molecule has 4 aromatic rings. The van der Waals surface area contributed by atoms with Crippen molar-refractivity contribution in [3.05, 3.63) is 65.8 Å². The van der Waals surface area contributed by atoms with Gasteiger partial charge in [0.1, 0.15) is 17.2 Å². The highest BCUT2D eigenvalue weighted by molar-refractivity contribution is 6.14. The van der Waals surface area contributed by atoms with Gasteiger partial charge < -0.3 is 33.5 Å². The number of hydrogen-bond donors (Lipinski definition) is 2. The van der Waals surface area contributed by atoms with E-state index in [9.17, 15) is 9.59 Å². The first-order valence-electron chi connectivity index (χ1n) is 10.3. The minimum absolute atomic E-state index is 0.110. The topological polar surface area (TPSA) is 121 Å². The fourth-order valence-electron chi connectivity index (χ4n) is 3.51. The lowest BCUT2D eigenvalue weighted by Crippen LogP contribution is -2.18. The standard InChI is InChI=1S/C23H24N4O6/c1-14-6-7-16(33-14)13-24-15-11-17-19(26-22(28)18-5-4-9-32-18)20(23(29)31-3)27(8-10-30-2)21(17)25-12-15/h4-7,9,11-12,24H,8,10,13H2,1-3H3,(H,26,28). The van der Waals surface area contributed by atoms with Crippen molar-refractivity contribution >= 4 is 34.3 Å². The molecule has 0 saturated carbocycles. The lowest BCUT2D eigenvalue weighted by atomic mass is 10.2. The Morgan fingerprint density at radius 1 is 1.21 bits per heavy atom. The number of furan rings is 2. The van der Waals surface area contributed by atoms with Crippen LogP contribution < -0.4 is 10.6 Å². The number of nitrogens with one attached hydrogen (secondary N) is 2. The number of esters is 1. The number of nitrogens with zero attached hydrogens (tertiary/aromatic N) is 2. The predicted molar refractivity (Wildman–Crippen MR) is 120 cm³/mol. The molecule has 33 heavy (non-hydrogen) atoms. The van der Waals surface area contributed by atoms with E-state index < -0.39 is 11.9 Å². The summed E-state index contributed by atoms with van der Waals surface area (Å²) in [5.74, 6) is 0.590. The molecule has 0 radical (unpaired) electrons. The van der Waals surface area contributed by atoms with E-state index in [1.54, 1.807) is 23.9 Å². The second kappa shape index (κ2) is 9.61. The molecule has 10 nitrogen and oxygen atoms in total. The Hall–Kier alpha value is -4.05. The summed E-state index contributed by atoms with van der Waals surface area (Å²) in [6.45, 7) is 2.99. The number of carbonyl (C=O) groups is 2. The first-order chi connectivity index (χ1) is 16.0. The summed E-state index contributed by atoms with van der Waals surface area (Å²) in [7, 11) is 2.85.